The molecule has 0 aromatic heterocycles. The molecule has 2 aromatic rings. The Hall–Kier alpha value is -2.00. The van der Waals surface area contributed by atoms with Crippen LogP contribution in [0.25, 0.3) is 0 Å². The van der Waals surface area contributed by atoms with E-state index in [0.29, 0.717) is 10.0 Å². The predicted molar refractivity (Wildman–Crippen MR) is 84.2 cm³/mol. The van der Waals surface area contributed by atoms with Crippen LogP contribution in [0.2, 0.25) is 10.0 Å². The minimum atomic E-state index is -0.400. The number of hydrogen-bond donors (Lipinski definition) is 0. The van der Waals surface area contributed by atoms with Crippen LogP contribution in [0.4, 0.5) is 0 Å². The van der Waals surface area contributed by atoms with Crippen LogP contribution in [0, 0.1) is 22.7 Å². The molecular formula is C17H12Cl2N2. The molecular weight excluding hydrogens is 303 g/mol. The third-order valence-electron chi connectivity index (χ3n) is 3.38. The van der Waals surface area contributed by atoms with Crippen molar-refractivity contribution >= 4 is 23.2 Å². The van der Waals surface area contributed by atoms with Gasteiger partial charge < -0.3 is 0 Å². The molecule has 2 rings (SSSR count). The van der Waals surface area contributed by atoms with E-state index in [9.17, 15) is 5.26 Å². The van der Waals surface area contributed by atoms with E-state index in [1.807, 2.05) is 36.4 Å². The summed E-state index contributed by atoms with van der Waals surface area (Å²) in [5.41, 5.74) is 1.74. The van der Waals surface area contributed by atoms with Crippen LogP contribution in [0.1, 0.15) is 29.4 Å². The van der Waals surface area contributed by atoms with Crippen LogP contribution >= 0.6 is 23.2 Å². The zero-order valence-corrected chi connectivity index (χ0v) is 12.6. The maximum Gasteiger partial charge on any atom is 0.0791 e. The normalized spacial score (nSPS) is 13.0. The first-order valence-corrected chi connectivity index (χ1v) is 7.19. The summed E-state index contributed by atoms with van der Waals surface area (Å²) in [7, 11) is 0. The summed E-state index contributed by atoms with van der Waals surface area (Å²) in [6, 6.07) is 19.2. The molecule has 0 heterocycles. The summed E-state index contributed by atoms with van der Waals surface area (Å²) in [5.74, 6) is -0.639. The molecule has 2 atom stereocenters. The Morgan fingerprint density at radius 1 is 0.905 bits per heavy atom. The van der Waals surface area contributed by atoms with E-state index in [4.69, 9.17) is 28.5 Å². The fourth-order valence-electron chi connectivity index (χ4n) is 2.33. The molecule has 2 aromatic carbocycles. The summed E-state index contributed by atoms with van der Waals surface area (Å²) in [6.45, 7) is 0. The van der Waals surface area contributed by atoms with E-state index in [0.717, 1.165) is 11.1 Å². The van der Waals surface area contributed by atoms with Crippen LogP contribution in [0.15, 0.2) is 48.5 Å². The van der Waals surface area contributed by atoms with Gasteiger partial charge in [0.25, 0.3) is 0 Å². The highest BCUT2D eigenvalue weighted by Gasteiger charge is 2.25. The van der Waals surface area contributed by atoms with E-state index in [-0.39, 0.29) is 12.3 Å². The van der Waals surface area contributed by atoms with E-state index in [2.05, 4.69) is 12.1 Å². The average Bonchev–Trinajstić information content (AvgIpc) is 2.51. The van der Waals surface area contributed by atoms with Gasteiger partial charge in [-0.15, -0.1) is 0 Å². The summed E-state index contributed by atoms with van der Waals surface area (Å²) in [4.78, 5) is 0. The Labute approximate surface area is 134 Å². The second-order valence-corrected chi connectivity index (χ2v) is 5.47. The number of nitrogens with zero attached hydrogens (tertiary/aromatic N) is 2. The summed E-state index contributed by atoms with van der Waals surface area (Å²) < 4.78 is 0. The lowest BCUT2D eigenvalue weighted by Gasteiger charge is -2.21. The Bertz CT molecular complexity index is 699. The highest BCUT2D eigenvalue weighted by atomic mass is 35.5. The number of benzene rings is 2. The standard InChI is InChI=1S/C17H12Cl2N2/c18-16-7-6-13(10-17(16)19)14(8-9-20)15(11-21)12-4-2-1-3-5-12/h1-7,10,14-15H,8H2/t14-,15-/m0/s1. The molecule has 0 fully saturated rings. The van der Waals surface area contributed by atoms with Crippen molar-refractivity contribution in [2.24, 2.45) is 0 Å². The van der Waals surface area contributed by atoms with Crippen LogP contribution < -0.4 is 0 Å². The maximum atomic E-state index is 9.54. The van der Waals surface area contributed by atoms with Crippen molar-refractivity contribution < 1.29 is 0 Å². The van der Waals surface area contributed by atoms with Crippen molar-refractivity contribution in [3.8, 4) is 12.1 Å². The largest absolute Gasteiger partial charge is 0.198 e. The predicted octanol–water partition coefficient (Wildman–Crippen LogP) is 5.30. The molecule has 0 radical (unpaired) electrons. The molecule has 0 N–H and O–H groups in total. The van der Waals surface area contributed by atoms with Gasteiger partial charge in [-0.1, -0.05) is 59.6 Å². The van der Waals surface area contributed by atoms with Crippen molar-refractivity contribution in [3.05, 3.63) is 69.7 Å². The average molecular weight is 315 g/mol. The maximum absolute atomic E-state index is 9.54. The van der Waals surface area contributed by atoms with Gasteiger partial charge in [-0.2, -0.15) is 10.5 Å². The van der Waals surface area contributed by atoms with E-state index >= 15 is 0 Å². The van der Waals surface area contributed by atoms with Crippen molar-refractivity contribution in [2.75, 3.05) is 0 Å². The molecule has 0 aliphatic heterocycles. The van der Waals surface area contributed by atoms with E-state index in [1.165, 1.54) is 0 Å². The van der Waals surface area contributed by atoms with Gasteiger partial charge in [0.15, 0.2) is 0 Å². The van der Waals surface area contributed by atoms with Crippen LogP contribution in [-0.2, 0) is 0 Å². The van der Waals surface area contributed by atoms with Crippen LogP contribution in [0.3, 0.4) is 0 Å². The quantitative estimate of drug-likeness (QED) is 0.769. The molecule has 0 aliphatic carbocycles. The first kappa shape index (κ1) is 15.4. The number of nitriles is 2. The second-order valence-electron chi connectivity index (χ2n) is 4.66. The molecule has 0 aliphatic rings. The number of hydrogen-bond acceptors (Lipinski definition) is 2. The van der Waals surface area contributed by atoms with Gasteiger partial charge in [-0.3, -0.25) is 0 Å². The smallest absolute Gasteiger partial charge is 0.0791 e. The monoisotopic (exact) mass is 314 g/mol. The minimum absolute atomic E-state index is 0.239. The van der Waals surface area contributed by atoms with Crippen molar-refractivity contribution in [1.82, 2.24) is 0 Å². The van der Waals surface area contributed by atoms with Gasteiger partial charge in [-0.05, 0) is 23.3 Å². The number of halogens is 2. The number of rotatable bonds is 4. The first-order valence-electron chi connectivity index (χ1n) is 6.44. The lowest BCUT2D eigenvalue weighted by molar-refractivity contribution is 0.641. The van der Waals surface area contributed by atoms with Gasteiger partial charge >= 0.3 is 0 Å². The SMILES string of the molecule is N#CC[C@@H](c1ccc(Cl)c(Cl)c1)[C@@H](C#N)c1ccccc1. The molecule has 104 valence electrons. The van der Waals surface area contributed by atoms with E-state index in [1.54, 1.807) is 12.1 Å². The fourth-order valence-corrected chi connectivity index (χ4v) is 2.63. The molecule has 0 saturated heterocycles. The van der Waals surface area contributed by atoms with Gasteiger partial charge in [0.05, 0.1) is 28.1 Å². The third kappa shape index (κ3) is 3.56. The molecule has 0 amide bonds. The van der Waals surface area contributed by atoms with Crippen LogP contribution in [0.5, 0.6) is 0 Å². The first-order chi connectivity index (χ1) is 10.2. The summed E-state index contributed by atoms with van der Waals surface area (Å²) in [5, 5.41) is 19.5. The lowest BCUT2D eigenvalue weighted by atomic mass is 9.80. The van der Waals surface area contributed by atoms with Gasteiger partial charge in [0.2, 0.25) is 0 Å². The topological polar surface area (TPSA) is 47.6 Å². The minimum Gasteiger partial charge on any atom is -0.198 e. The second kappa shape index (κ2) is 7.14. The van der Waals surface area contributed by atoms with Crippen LogP contribution in [-0.4, -0.2) is 0 Å². The zero-order valence-electron chi connectivity index (χ0n) is 11.1. The molecule has 4 heteroatoms. The fraction of sp³-hybridized carbons (Fsp3) is 0.176. The highest BCUT2D eigenvalue weighted by molar-refractivity contribution is 6.42. The van der Waals surface area contributed by atoms with Crippen molar-refractivity contribution in [3.63, 3.8) is 0 Å². The Morgan fingerprint density at radius 3 is 2.19 bits per heavy atom. The van der Waals surface area contributed by atoms with Gasteiger partial charge in [0, 0.05) is 12.3 Å². The lowest BCUT2D eigenvalue weighted by Crippen LogP contribution is -2.09. The van der Waals surface area contributed by atoms with E-state index < -0.39 is 5.92 Å². The van der Waals surface area contributed by atoms with Crippen molar-refractivity contribution in [2.45, 2.75) is 18.3 Å². The third-order valence-corrected chi connectivity index (χ3v) is 4.12. The Balaban J connectivity index is 2.44. The highest BCUT2D eigenvalue weighted by Crippen LogP contribution is 2.37. The Kier molecular flexibility index (Phi) is 5.23. The van der Waals surface area contributed by atoms with Crippen molar-refractivity contribution in [1.29, 1.82) is 10.5 Å². The molecule has 0 unspecified atom stereocenters. The molecule has 0 bridgehead atoms. The van der Waals surface area contributed by atoms with Gasteiger partial charge in [-0.25, -0.2) is 0 Å². The molecule has 0 saturated carbocycles. The Morgan fingerprint density at radius 2 is 1.62 bits per heavy atom. The molecule has 0 spiro atoms. The molecule has 21 heavy (non-hydrogen) atoms. The summed E-state index contributed by atoms with van der Waals surface area (Å²) in [6.07, 6.45) is 0.241. The molecule has 2 nitrogen and oxygen atoms in total. The van der Waals surface area contributed by atoms with Gasteiger partial charge in [0.1, 0.15) is 0 Å². The zero-order chi connectivity index (χ0) is 15.2. The summed E-state index contributed by atoms with van der Waals surface area (Å²) >= 11 is 12.0.